The molecule has 0 saturated heterocycles. The minimum Gasteiger partial charge on any atom is -0.465 e. The number of carbonyl (C=O) groups is 2. The second-order valence-electron chi connectivity index (χ2n) is 6.01. The summed E-state index contributed by atoms with van der Waals surface area (Å²) in [7, 11) is 1.36. The molecule has 0 unspecified atom stereocenters. The lowest BCUT2D eigenvalue weighted by Gasteiger charge is -2.17. The van der Waals surface area contributed by atoms with Crippen LogP contribution in [-0.4, -0.2) is 23.8 Å². The first-order valence-corrected chi connectivity index (χ1v) is 8.13. The maximum absolute atomic E-state index is 11.9. The van der Waals surface area contributed by atoms with Crippen LogP contribution >= 0.6 is 0 Å². The van der Waals surface area contributed by atoms with Gasteiger partial charge in [-0.15, -0.1) is 0 Å². The van der Waals surface area contributed by atoms with Gasteiger partial charge in [-0.05, 0) is 42.2 Å². The molecule has 0 spiro atoms. The van der Waals surface area contributed by atoms with Crippen LogP contribution in [0.15, 0.2) is 36.5 Å². The normalized spacial score (nSPS) is 11.8. The molecule has 1 aromatic heterocycles. The van der Waals surface area contributed by atoms with E-state index in [2.05, 4.69) is 4.98 Å². The van der Waals surface area contributed by atoms with Gasteiger partial charge in [0.1, 0.15) is 5.78 Å². The Kier molecular flexibility index (Phi) is 5.85. The minimum absolute atomic E-state index is 0.0576. The highest BCUT2D eigenvalue weighted by atomic mass is 16.5. The zero-order valence-corrected chi connectivity index (χ0v) is 14.6. The number of hydrogen-bond donors (Lipinski definition) is 0. The van der Waals surface area contributed by atoms with Gasteiger partial charge in [0.05, 0.1) is 18.4 Å². The number of benzene rings is 1. The van der Waals surface area contributed by atoms with Crippen molar-refractivity contribution in [3.05, 3.63) is 53.2 Å². The lowest BCUT2D eigenvalue weighted by molar-refractivity contribution is -0.119. The van der Waals surface area contributed by atoms with Gasteiger partial charge in [-0.25, -0.2) is 4.79 Å². The van der Waals surface area contributed by atoms with E-state index in [1.165, 1.54) is 7.11 Å². The summed E-state index contributed by atoms with van der Waals surface area (Å²) in [5.41, 5.74) is 4.22. The number of hydrogen-bond acceptors (Lipinski definition) is 4. The summed E-state index contributed by atoms with van der Waals surface area (Å²) in [6.07, 6.45) is 2.81. The number of nitrogens with zero attached hydrogens (tertiary/aromatic N) is 1. The van der Waals surface area contributed by atoms with Crippen molar-refractivity contribution in [1.82, 2.24) is 4.98 Å². The number of aromatic nitrogens is 1. The van der Waals surface area contributed by atoms with Crippen LogP contribution in [0, 0.1) is 6.92 Å². The highest BCUT2D eigenvalue weighted by Crippen LogP contribution is 2.31. The molecule has 4 nitrogen and oxygen atoms in total. The summed E-state index contributed by atoms with van der Waals surface area (Å²) in [4.78, 5) is 28.2. The molecule has 0 radical (unpaired) electrons. The Balaban J connectivity index is 2.51. The first-order valence-electron chi connectivity index (χ1n) is 8.13. The Morgan fingerprint density at radius 3 is 2.54 bits per heavy atom. The molecule has 0 N–H and O–H groups in total. The number of pyridine rings is 1. The van der Waals surface area contributed by atoms with Crippen molar-refractivity contribution in [3.63, 3.8) is 0 Å². The Morgan fingerprint density at radius 2 is 1.96 bits per heavy atom. The third kappa shape index (κ3) is 4.07. The third-order valence-electron chi connectivity index (χ3n) is 4.12. The van der Waals surface area contributed by atoms with Crippen LogP contribution in [0.5, 0.6) is 0 Å². The molecule has 126 valence electrons. The van der Waals surface area contributed by atoms with Crippen molar-refractivity contribution in [2.75, 3.05) is 7.11 Å². The van der Waals surface area contributed by atoms with Crippen LogP contribution in [0.1, 0.15) is 54.1 Å². The van der Waals surface area contributed by atoms with Crippen molar-refractivity contribution in [3.8, 4) is 11.3 Å². The fraction of sp³-hybridized carbons (Fsp3) is 0.350. The maximum Gasteiger partial charge on any atom is 0.337 e. The zero-order valence-electron chi connectivity index (χ0n) is 14.6. The van der Waals surface area contributed by atoms with Crippen LogP contribution < -0.4 is 0 Å². The lowest BCUT2D eigenvalue weighted by Crippen LogP contribution is -2.07. The Morgan fingerprint density at radius 1 is 1.21 bits per heavy atom. The number of aryl methyl sites for hydroxylation is 1. The largest absolute Gasteiger partial charge is 0.465 e. The molecule has 0 aliphatic heterocycles. The molecule has 2 rings (SSSR count). The second-order valence-corrected chi connectivity index (χ2v) is 6.01. The second kappa shape index (κ2) is 7.86. The van der Waals surface area contributed by atoms with E-state index in [1.807, 2.05) is 39.0 Å². The minimum atomic E-state index is -0.382. The van der Waals surface area contributed by atoms with E-state index in [9.17, 15) is 9.59 Å². The van der Waals surface area contributed by atoms with Crippen LogP contribution in [0.4, 0.5) is 0 Å². The molecular formula is C20H23NO3. The summed E-state index contributed by atoms with van der Waals surface area (Å²) in [5.74, 6) is -0.100. The number of methoxy groups -OCH3 is 1. The molecule has 24 heavy (non-hydrogen) atoms. The van der Waals surface area contributed by atoms with E-state index in [0.29, 0.717) is 18.4 Å². The SMILES string of the molecule is CCC(=O)C[C@H](C)c1ccc(C(=O)OC)cc1-c1ccc(C)cn1. The topological polar surface area (TPSA) is 56.3 Å². The van der Waals surface area contributed by atoms with Gasteiger partial charge in [0.15, 0.2) is 0 Å². The van der Waals surface area contributed by atoms with Crippen molar-refractivity contribution in [2.24, 2.45) is 0 Å². The van der Waals surface area contributed by atoms with E-state index < -0.39 is 0 Å². The standard InChI is InChI=1S/C20H23NO3/c1-5-16(22)10-14(3)17-8-7-15(20(23)24-4)11-18(17)19-9-6-13(2)12-21-19/h6-9,11-12,14H,5,10H2,1-4H3/t14-/m0/s1. The number of carbonyl (C=O) groups excluding carboxylic acids is 2. The van der Waals surface area contributed by atoms with E-state index >= 15 is 0 Å². The van der Waals surface area contributed by atoms with Gasteiger partial charge in [0.2, 0.25) is 0 Å². The van der Waals surface area contributed by atoms with Gasteiger partial charge in [0, 0.05) is 24.6 Å². The highest BCUT2D eigenvalue weighted by Gasteiger charge is 2.18. The molecule has 0 fully saturated rings. The van der Waals surface area contributed by atoms with E-state index in [0.717, 1.165) is 22.4 Å². The van der Waals surface area contributed by atoms with Crippen LogP contribution in [0.2, 0.25) is 0 Å². The summed E-state index contributed by atoms with van der Waals surface area (Å²) in [6, 6.07) is 9.36. The molecule has 0 bridgehead atoms. The summed E-state index contributed by atoms with van der Waals surface area (Å²) in [6.45, 7) is 5.88. The van der Waals surface area contributed by atoms with Crippen LogP contribution in [0.3, 0.4) is 0 Å². The quantitative estimate of drug-likeness (QED) is 0.742. The molecular weight excluding hydrogens is 302 g/mol. The number of ether oxygens (including phenoxy) is 1. The molecule has 0 amide bonds. The molecule has 0 saturated carbocycles. The van der Waals surface area contributed by atoms with Crippen molar-refractivity contribution >= 4 is 11.8 Å². The van der Waals surface area contributed by atoms with Gasteiger partial charge in [-0.1, -0.05) is 26.0 Å². The Hall–Kier alpha value is -2.49. The third-order valence-corrected chi connectivity index (χ3v) is 4.12. The van der Waals surface area contributed by atoms with Gasteiger partial charge < -0.3 is 4.74 Å². The van der Waals surface area contributed by atoms with Crippen LogP contribution in [-0.2, 0) is 9.53 Å². The van der Waals surface area contributed by atoms with Crippen molar-refractivity contribution < 1.29 is 14.3 Å². The Bertz CT molecular complexity index is 735. The fourth-order valence-corrected chi connectivity index (χ4v) is 2.68. The predicted octanol–water partition coefficient (Wildman–Crippen LogP) is 4.32. The first-order chi connectivity index (χ1) is 11.5. The smallest absolute Gasteiger partial charge is 0.337 e. The zero-order chi connectivity index (χ0) is 17.7. The molecule has 2 aromatic rings. The lowest BCUT2D eigenvalue weighted by atomic mass is 9.88. The molecule has 4 heteroatoms. The summed E-state index contributed by atoms with van der Waals surface area (Å²) >= 11 is 0. The summed E-state index contributed by atoms with van der Waals surface area (Å²) in [5, 5.41) is 0. The molecule has 0 aliphatic rings. The number of rotatable bonds is 6. The average Bonchev–Trinajstić information content (AvgIpc) is 2.60. The number of esters is 1. The Labute approximate surface area is 142 Å². The van der Waals surface area contributed by atoms with E-state index in [-0.39, 0.29) is 17.7 Å². The first kappa shape index (κ1) is 17.9. The van der Waals surface area contributed by atoms with Gasteiger partial charge in [-0.3, -0.25) is 9.78 Å². The van der Waals surface area contributed by atoms with Gasteiger partial charge in [-0.2, -0.15) is 0 Å². The monoisotopic (exact) mass is 325 g/mol. The molecule has 1 aromatic carbocycles. The predicted molar refractivity (Wildman–Crippen MR) is 94.1 cm³/mol. The average molecular weight is 325 g/mol. The van der Waals surface area contributed by atoms with Crippen LogP contribution in [0.25, 0.3) is 11.3 Å². The van der Waals surface area contributed by atoms with Crippen molar-refractivity contribution in [2.45, 2.75) is 39.5 Å². The summed E-state index contributed by atoms with van der Waals surface area (Å²) < 4.78 is 4.82. The van der Waals surface area contributed by atoms with Gasteiger partial charge >= 0.3 is 5.97 Å². The number of ketones is 1. The van der Waals surface area contributed by atoms with Gasteiger partial charge in [0.25, 0.3) is 0 Å². The maximum atomic E-state index is 11.9. The fourth-order valence-electron chi connectivity index (χ4n) is 2.68. The molecule has 1 heterocycles. The molecule has 1 atom stereocenters. The number of Topliss-reactive ketones (excluding diaryl/α,β-unsaturated/α-hetero) is 1. The van der Waals surface area contributed by atoms with E-state index in [4.69, 9.17) is 4.74 Å². The van der Waals surface area contributed by atoms with Crippen molar-refractivity contribution in [1.29, 1.82) is 0 Å². The molecule has 0 aliphatic carbocycles. The highest BCUT2D eigenvalue weighted by molar-refractivity contribution is 5.91. The van der Waals surface area contributed by atoms with E-state index in [1.54, 1.807) is 18.3 Å².